The molecule has 1 aromatic rings. The zero-order valence-corrected chi connectivity index (χ0v) is 16.3. The van der Waals surface area contributed by atoms with E-state index in [2.05, 4.69) is 57.3 Å². The Kier molecular flexibility index (Phi) is 5.72. The van der Waals surface area contributed by atoms with Gasteiger partial charge in [0.05, 0.1) is 13.2 Å². The summed E-state index contributed by atoms with van der Waals surface area (Å²) in [4.78, 5) is 4.57. The van der Waals surface area contributed by atoms with Crippen LogP contribution in [0.1, 0.15) is 22.5 Å². The van der Waals surface area contributed by atoms with E-state index in [4.69, 9.17) is 8.85 Å². The van der Waals surface area contributed by atoms with Crippen molar-refractivity contribution < 1.29 is 8.85 Å². The van der Waals surface area contributed by atoms with E-state index in [9.17, 15) is 0 Å². The van der Waals surface area contributed by atoms with Crippen LogP contribution in [0.4, 0.5) is 0 Å². The van der Waals surface area contributed by atoms with Crippen LogP contribution in [0.5, 0.6) is 0 Å². The molecule has 0 unspecified atom stereocenters. The summed E-state index contributed by atoms with van der Waals surface area (Å²) in [7, 11) is -3.03. The molecule has 0 aromatic carbocycles. The highest BCUT2D eigenvalue weighted by Gasteiger charge is 2.19. The maximum absolute atomic E-state index is 6.06. The lowest BCUT2D eigenvalue weighted by atomic mass is 10.1. The maximum atomic E-state index is 6.06. The lowest BCUT2D eigenvalue weighted by Gasteiger charge is -2.22. The topological polar surface area (TPSA) is 31.4 Å². The van der Waals surface area contributed by atoms with Gasteiger partial charge in [0, 0.05) is 17.0 Å². The van der Waals surface area contributed by atoms with Crippen molar-refractivity contribution in [2.75, 3.05) is 0 Å². The normalized spacial score (nSPS) is 12.8. The molecular weight excluding hydrogens is 282 g/mol. The molecule has 0 saturated carbocycles. The van der Waals surface area contributed by atoms with Crippen LogP contribution in [-0.2, 0) is 22.1 Å². The van der Waals surface area contributed by atoms with Gasteiger partial charge >= 0.3 is 0 Å². The van der Waals surface area contributed by atoms with E-state index >= 15 is 0 Å². The number of rotatable bonds is 6. The molecule has 5 heteroatoms. The average Bonchev–Trinajstić information content (AvgIpc) is 2.22. The first-order valence-corrected chi connectivity index (χ1v) is 14.0. The highest BCUT2D eigenvalue weighted by molar-refractivity contribution is 6.70. The van der Waals surface area contributed by atoms with Crippen molar-refractivity contribution in [3.05, 3.63) is 28.6 Å². The van der Waals surface area contributed by atoms with Gasteiger partial charge in [0.25, 0.3) is 0 Å². The van der Waals surface area contributed by atoms with Crippen molar-refractivity contribution in [3.8, 4) is 0 Å². The molecule has 20 heavy (non-hydrogen) atoms. The van der Waals surface area contributed by atoms with Crippen molar-refractivity contribution in [2.45, 2.75) is 66.3 Å². The molecule has 0 aliphatic heterocycles. The zero-order chi connectivity index (χ0) is 15.6. The van der Waals surface area contributed by atoms with Crippen molar-refractivity contribution in [1.29, 1.82) is 0 Å². The van der Waals surface area contributed by atoms with E-state index in [1.54, 1.807) is 0 Å². The second-order valence-electron chi connectivity index (χ2n) is 7.29. The fourth-order valence-electron chi connectivity index (χ4n) is 1.84. The van der Waals surface area contributed by atoms with Gasteiger partial charge in [0.1, 0.15) is 0 Å². The molecule has 0 fully saturated rings. The first-order chi connectivity index (χ1) is 8.98. The van der Waals surface area contributed by atoms with Gasteiger partial charge in [-0.2, -0.15) is 0 Å². The minimum absolute atomic E-state index is 0.652. The lowest BCUT2D eigenvalue weighted by molar-refractivity contribution is 0.277. The van der Waals surface area contributed by atoms with Crippen molar-refractivity contribution in [3.63, 3.8) is 0 Å². The Hall–Kier alpha value is -0.496. The molecule has 0 atom stereocenters. The summed E-state index contributed by atoms with van der Waals surface area (Å²) in [5.74, 6) is 0. The van der Waals surface area contributed by atoms with Gasteiger partial charge in [-0.05, 0) is 64.8 Å². The summed E-state index contributed by atoms with van der Waals surface area (Å²) >= 11 is 0. The summed E-state index contributed by atoms with van der Waals surface area (Å²) in [6.45, 7) is 18.7. The molecule has 114 valence electrons. The summed E-state index contributed by atoms with van der Waals surface area (Å²) < 4.78 is 12.1. The van der Waals surface area contributed by atoms with Gasteiger partial charge in [-0.15, -0.1) is 0 Å². The fourth-order valence-corrected chi connectivity index (χ4v) is 3.01. The number of aryl methyl sites for hydroxylation is 2. The number of hydrogen-bond acceptors (Lipinski definition) is 3. The molecule has 0 aliphatic carbocycles. The van der Waals surface area contributed by atoms with Crippen molar-refractivity contribution >= 4 is 16.6 Å². The Labute approximate surface area is 126 Å². The molecule has 1 heterocycles. The molecular formula is C15H29NO2Si2. The highest BCUT2D eigenvalue weighted by Crippen LogP contribution is 2.20. The summed E-state index contributed by atoms with van der Waals surface area (Å²) in [6.07, 6.45) is 0. The summed E-state index contributed by atoms with van der Waals surface area (Å²) in [5, 5.41) is 0. The predicted octanol–water partition coefficient (Wildman–Crippen LogP) is 4.40. The standard InChI is InChI=1S/C15H29NO2Si2/c1-12-9-14(10-17-19(3,4)5)15(13(2)16-12)11-18-20(6,7)8/h9H,10-11H2,1-8H3. The largest absolute Gasteiger partial charge is 0.413 e. The van der Waals surface area contributed by atoms with E-state index in [0.29, 0.717) is 13.2 Å². The smallest absolute Gasteiger partial charge is 0.184 e. The molecule has 1 aromatic heterocycles. The van der Waals surface area contributed by atoms with E-state index < -0.39 is 16.6 Å². The van der Waals surface area contributed by atoms with E-state index in [0.717, 1.165) is 11.4 Å². The van der Waals surface area contributed by atoms with Gasteiger partial charge in [-0.3, -0.25) is 4.98 Å². The summed E-state index contributed by atoms with van der Waals surface area (Å²) in [5.41, 5.74) is 4.55. The van der Waals surface area contributed by atoms with Crippen molar-refractivity contribution in [1.82, 2.24) is 4.98 Å². The SMILES string of the molecule is Cc1cc(CO[Si](C)(C)C)c(CO[Si](C)(C)C)c(C)n1. The Morgan fingerprint density at radius 2 is 1.40 bits per heavy atom. The van der Waals surface area contributed by atoms with Gasteiger partial charge in [-0.25, -0.2) is 0 Å². The third kappa shape index (κ3) is 6.30. The Morgan fingerprint density at radius 3 is 1.90 bits per heavy atom. The lowest BCUT2D eigenvalue weighted by Crippen LogP contribution is -2.27. The van der Waals surface area contributed by atoms with Crippen LogP contribution in [0, 0.1) is 13.8 Å². The Bertz CT molecular complexity index is 462. The maximum Gasteiger partial charge on any atom is 0.184 e. The molecule has 0 radical (unpaired) electrons. The quantitative estimate of drug-likeness (QED) is 0.730. The van der Waals surface area contributed by atoms with Crippen LogP contribution >= 0.6 is 0 Å². The van der Waals surface area contributed by atoms with Gasteiger partial charge in [0.2, 0.25) is 0 Å². The first-order valence-electron chi connectivity index (χ1n) is 7.22. The third-order valence-electron chi connectivity index (χ3n) is 2.86. The van der Waals surface area contributed by atoms with Gasteiger partial charge in [0.15, 0.2) is 16.6 Å². The third-order valence-corrected chi connectivity index (χ3v) is 4.88. The minimum Gasteiger partial charge on any atom is -0.413 e. The molecule has 0 saturated heterocycles. The van der Waals surface area contributed by atoms with Crippen LogP contribution in [0.3, 0.4) is 0 Å². The number of hydrogen-bond donors (Lipinski definition) is 0. The van der Waals surface area contributed by atoms with Gasteiger partial charge < -0.3 is 8.85 Å². The molecule has 0 amide bonds. The summed E-state index contributed by atoms with van der Waals surface area (Å²) in [6, 6.07) is 2.13. The van der Waals surface area contributed by atoms with E-state index in [-0.39, 0.29) is 0 Å². The van der Waals surface area contributed by atoms with Crippen LogP contribution in [0.15, 0.2) is 6.07 Å². The van der Waals surface area contributed by atoms with Crippen LogP contribution < -0.4 is 0 Å². The monoisotopic (exact) mass is 311 g/mol. The highest BCUT2D eigenvalue weighted by atomic mass is 28.4. The van der Waals surface area contributed by atoms with E-state index in [1.807, 2.05) is 6.92 Å². The molecule has 0 bridgehead atoms. The fraction of sp³-hybridized carbons (Fsp3) is 0.667. The average molecular weight is 312 g/mol. The second-order valence-corrected chi connectivity index (χ2v) is 16.3. The number of aromatic nitrogens is 1. The number of nitrogens with zero attached hydrogens (tertiary/aromatic N) is 1. The van der Waals surface area contributed by atoms with Crippen molar-refractivity contribution in [2.24, 2.45) is 0 Å². The first kappa shape index (κ1) is 17.6. The molecule has 0 spiro atoms. The number of pyridine rings is 1. The van der Waals surface area contributed by atoms with Crippen LogP contribution in [-0.4, -0.2) is 21.6 Å². The molecule has 0 N–H and O–H groups in total. The Morgan fingerprint density at radius 1 is 0.900 bits per heavy atom. The Balaban J connectivity index is 2.96. The minimum atomic E-state index is -1.52. The molecule has 0 aliphatic rings. The molecule has 3 nitrogen and oxygen atoms in total. The second kappa shape index (κ2) is 6.51. The van der Waals surface area contributed by atoms with Gasteiger partial charge in [-0.1, -0.05) is 0 Å². The predicted molar refractivity (Wildman–Crippen MR) is 90.0 cm³/mol. The zero-order valence-electron chi connectivity index (χ0n) is 14.3. The van der Waals surface area contributed by atoms with Crippen LogP contribution in [0.2, 0.25) is 39.3 Å². The van der Waals surface area contributed by atoms with Crippen LogP contribution in [0.25, 0.3) is 0 Å². The molecule has 1 rings (SSSR count). The van der Waals surface area contributed by atoms with E-state index in [1.165, 1.54) is 11.1 Å².